The summed E-state index contributed by atoms with van der Waals surface area (Å²) >= 11 is 0. The number of aliphatic hydroxyl groups is 2. The van der Waals surface area contributed by atoms with E-state index in [1.54, 1.807) is 24.3 Å². The van der Waals surface area contributed by atoms with Gasteiger partial charge < -0.3 is 35.4 Å². The van der Waals surface area contributed by atoms with Gasteiger partial charge in [-0.05, 0) is 42.3 Å². The summed E-state index contributed by atoms with van der Waals surface area (Å²) in [4.78, 5) is 39.6. The predicted octanol–water partition coefficient (Wildman–Crippen LogP) is 0.352. The number of oxime groups is 1. The number of hydrogen-bond donors (Lipinski definition) is 4. The minimum absolute atomic E-state index is 0.0115. The van der Waals surface area contributed by atoms with Gasteiger partial charge in [-0.3, -0.25) is 14.2 Å². The fourth-order valence-electron chi connectivity index (χ4n) is 3.55. The van der Waals surface area contributed by atoms with Gasteiger partial charge in [0.05, 0.1) is 18.6 Å². The Morgan fingerprint density at radius 3 is 2.44 bits per heavy atom. The highest BCUT2D eigenvalue weighted by atomic mass is 16.6. The molecular formula is C23H28N4O9. The number of carbonyl (C=O) groups is 2. The molecule has 0 aliphatic carbocycles. The van der Waals surface area contributed by atoms with E-state index in [4.69, 9.17) is 25.2 Å². The van der Waals surface area contributed by atoms with E-state index in [0.717, 1.165) is 11.0 Å². The first-order valence-electron chi connectivity index (χ1n) is 11.3. The summed E-state index contributed by atoms with van der Waals surface area (Å²) in [6.07, 6.45) is -3.14. The summed E-state index contributed by atoms with van der Waals surface area (Å²) in [5.74, 6) is -1.15. The number of nitrogens with two attached hydrogens (primary N) is 1. The van der Waals surface area contributed by atoms with Crippen LogP contribution >= 0.6 is 0 Å². The molecule has 0 saturated carbocycles. The number of nitrogens with zero attached hydrogens (tertiary/aromatic N) is 3. The van der Waals surface area contributed by atoms with E-state index in [1.165, 1.54) is 12.3 Å². The number of nitrogen functional groups attached to an aromatic ring is 1. The number of aromatic nitrogens is 2. The molecule has 0 amide bonds. The minimum Gasteiger partial charge on any atom is -0.463 e. The lowest BCUT2D eigenvalue weighted by Gasteiger charge is -2.16. The van der Waals surface area contributed by atoms with Crippen molar-refractivity contribution in [3.8, 4) is 5.75 Å². The molecule has 4 atom stereocenters. The molecule has 2 aromatic rings. The van der Waals surface area contributed by atoms with Crippen molar-refractivity contribution in [2.24, 2.45) is 5.16 Å². The Labute approximate surface area is 205 Å². The Bertz CT molecular complexity index is 1150. The summed E-state index contributed by atoms with van der Waals surface area (Å²) in [7, 11) is 0. The van der Waals surface area contributed by atoms with Crippen LogP contribution in [-0.4, -0.2) is 67.5 Å². The quantitative estimate of drug-likeness (QED) is 0.115. The zero-order chi connectivity index (χ0) is 26.2. The van der Waals surface area contributed by atoms with Gasteiger partial charge in [0.2, 0.25) is 0 Å². The Morgan fingerprint density at radius 2 is 1.81 bits per heavy atom. The number of carbonyl (C=O) groups excluding carboxylic acids is 2. The zero-order valence-electron chi connectivity index (χ0n) is 19.5. The molecule has 13 nitrogen and oxygen atoms in total. The van der Waals surface area contributed by atoms with Gasteiger partial charge in [-0.2, -0.15) is 4.98 Å². The van der Waals surface area contributed by atoms with Gasteiger partial charge in [0.25, 0.3) is 0 Å². The maximum atomic E-state index is 12.1. The minimum atomic E-state index is -1.47. The third-order valence-corrected chi connectivity index (χ3v) is 5.43. The largest absolute Gasteiger partial charge is 0.463 e. The van der Waals surface area contributed by atoms with Crippen LogP contribution in [0.25, 0.3) is 0 Å². The molecule has 13 heteroatoms. The van der Waals surface area contributed by atoms with Gasteiger partial charge >= 0.3 is 17.6 Å². The highest BCUT2D eigenvalue weighted by Crippen LogP contribution is 2.28. The van der Waals surface area contributed by atoms with Crippen molar-refractivity contribution in [1.29, 1.82) is 0 Å². The van der Waals surface area contributed by atoms with Gasteiger partial charge in [0.15, 0.2) is 6.23 Å². The van der Waals surface area contributed by atoms with Crippen molar-refractivity contribution in [3.05, 3.63) is 52.6 Å². The predicted molar refractivity (Wildman–Crippen MR) is 124 cm³/mol. The number of anilines is 1. The standard InChI is InChI=1S/C23H28N4O9/c1-2-3-15(26-33)13-4-6-14(7-5-13)35-19(29)9-8-18(28)34-12-16-20(30)21(31)22(36-16)27-11-10-17(24)25-23(27)32/h4-7,10-11,16,20-22,30-31,33H,2-3,8-9,12H2,1H3,(H2,24,25,32)/b26-15+/t16-,20-,21-,22?/m1/s1. The average Bonchev–Trinajstić information content (AvgIpc) is 3.14. The van der Waals surface area contributed by atoms with E-state index in [0.29, 0.717) is 17.7 Å². The monoisotopic (exact) mass is 504 g/mol. The topological polar surface area (TPSA) is 196 Å². The van der Waals surface area contributed by atoms with Crippen LogP contribution in [-0.2, 0) is 19.1 Å². The lowest BCUT2D eigenvalue weighted by molar-refractivity contribution is -0.152. The molecule has 194 valence electrons. The summed E-state index contributed by atoms with van der Waals surface area (Å²) in [5.41, 5.74) is 5.88. The third-order valence-electron chi connectivity index (χ3n) is 5.43. The number of hydrogen-bond acceptors (Lipinski definition) is 12. The maximum absolute atomic E-state index is 12.1. The van der Waals surface area contributed by atoms with E-state index in [1.807, 2.05) is 6.92 Å². The normalized spacial score (nSPS) is 21.8. The molecule has 1 aromatic heterocycles. The molecule has 3 rings (SSSR count). The van der Waals surface area contributed by atoms with Gasteiger partial charge in [0, 0.05) is 6.20 Å². The summed E-state index contributed by atoms with van der Waals surface area (Å²) < 4.78 is 16.7. The van der Waals surface area contributed by atoms with Crippen LogP contribution < -0.4 is 16.2 Å². The molecule has 0 spiro atoms. The van der Waals surface area contributed by atoms with Crippen molar-refractivity contribution in [1.82, 2.24) is 9.55 Å². The second-order valence-corrected chi connectivity index (χ2v) is 8.07. The Morgan fingerprint density at radius 1 is 1.11 bits per heavy atom. The summed E-state index contributed by atoms with van der Waals surface area (Å²) in [5, 5.41) is 32.8. The van der Waals surface area contributed by atoms with E-state index in [-0.39, 0.29) is 24.4 Å². The molecule has 1 fully saturated rings. The number of rotatable bonds is 10. The molecule has 1 unspecified atom stereocenters. The van der Waals surface area contributed by atoms with Gasteiger partial charge in [-0.1, -0.05) is 18.5 Å². The fourth-order valence-corrected chi connectivity index (χ4v) is 3.55. The van der Waals surface area contributed by atoms with Crippen LogP contribution in [0.1, 0.15) is 44.4 Å². The molecule has 0 radical (unpaired) electrons. The molecule has 1 aliphatic heterocycles. The van der Waals surface area contributed by atoms with Crippen LogP contribution in [0.4, 0.5) is 5.82 Å². The van der Waals surface area contributed by atoms with Gasteiger partial charge in [-0.15, -0.1) is 0 Å². The smallest absolute Gasteiger partial charge is 0.351 e. The molecular weight excluding hydrogens is 476 g/mol. The molecule has 36 heavy (non-hydrogen) atoms. The van der Waals surface area contributed by atoms with E-state index in [9.17, 15) is 24.6 Å². The number of ether oxygens (including phenoxy) is 3. The van der Waals surface area contributed by atoms with Gasteiger partial charge in [-0.25, -0.2) is 4.79 Å². The van der Waals surface area contributed by atoms with Crippen molar-refractivity contribution in [2.75, 3.05) is 12.3 Å². The first-order valence-corrected chi connectivity index (χ1v) is 11.3. The van der Waals surface area contributed by atoms with E-state index in [2.05, 4.69) is 10.1 Å². The Kier molecular flexibility index (Phi) is 9.11. The number of aliphatic hydroxyl groups excluding tert-OH is 2. The molecule has 2 heterocycles. The summed E-state index contributed by atoms with van der Waals surface area (Å²) in [6, 6.07) is 7.75. The molecule has 0 bridgehead atoms. The van der Waals surface area contributed by atoms with Crippen molar-refractivity contribution < 1.29 is 39.2 Å². The summed E-state index contributed by atoms with van der Waals surface area (Å²) in [6.45, 7) is 1.55. The molecule has 5 N–H and O–H groups in total. The molecule has 1 saturated heterocycles. The lowest BCUT2D eigenvalue weighted by Crippen LogP contribution is -2.36. The van der Waals surface area contributed by atoms with E-state index < -0.39 is 48.8 Å². The van der Waals surface area contributed by atoms with Crippen LogP contribution in [0.15, 0.2) is 46.5 Å². The first kappa shape index (κ1) is 26.8. The average molecular weight is 504 g/mol. The van der Waals surface area contributed by atoms with Crippen LogP contribution in [0.3, 0.4) is 0 Å². The van der Waals surface area contributed by atoms with Crippen molar-refractivity contribution in [3.63, 3.8) is 0 Å². The highest BCUT2D eigenvalue weighted by Gasteiger charge is 2.44. The Hall–Kier alpha value is -3.81. The van der Waals surface area contributed by atoms with Crippen LogP contribution in [0.2, 0.25) is 0 Å². The van der Waals surface area contributed by atoms with Crippen molar-refractivity contribution in [2.45, 2.75) is 57.1 Å². The second-order valence-electron chi connectivity index (χ2n) is 8.07. The fraction of sp³-hybridized carbons (Fsp3) is 0.435. The number of benzene rings is 1. The Balaban J connectivity index is 1.45. The molecule has 1 aromatic carbocycles. The molecule has 1 aliphatic rings. The van der Waals surface area contributed by atoms with Gasteiger partial charge in [0.1, 0.15) is 36.5 Å². The zero-order valence-corrected chi connectivity index (χ0v) is 19.5. The SMILES string of the molecule is CCC/C(=N\O)c1ccc(OC(=O)CCC(=O)OC[C@H]2OC(n3ccc(N)nc3=O)[C@H](O)[C@@H]2O)cc1. The number of esters is 2. The van der Waals surface area contributed by atoms with Crippen LogP contribution in [0.5, 0.6) is 5.75 Å². The van der Waals surface area contributed by atoms with Crippen molar-refractivity contribution >= 4 is 23.5 Å². The lowest BCUT2D eigenvalue weighted by atomic mass is 10.1. The highest BCUT2D eigenvalue weighted by molar-refractivity contribution is 6.00. The van der Waals surface area contributed by atoms with E-state index >= 15 is 0 Å². The third kappa shape index (κ3) is 6.65. The first-order chi connectivity index (χ1) is 17.2. The maximum Gasteiger partial charge on any atom is 0.351 e. The second kappa shape index (κ2) is 12.2. The van der Waals surface area contributed by atoms with Crippen LogP contribution in [0, 0.1) is 0 Å².